The Labute approximate surface area is 118 Å². The van der Waals surface area contributed by atoms with Gasteiger partial charge in [-0.2, -0.15) is 0 Å². The Morgan fingerprint density at radius 1 is 1.25 bits per heavy atom. The van der Waals surface area contributed by atoms with Crippen molar-refractivity contribution in [2.75, 3.05) is 14.2 Å². The molecule has 2 aliphatic rings. The van der Waals surface area contributed by atoms with Crippen molar-refractivity contribution in [2.45, 2.75) is 38.2 Å². The van der Waals surface area contributed by atoms with Crippen LogP contribution in [0.1, 0.15) is 32.6 Å². The lowest BCUT2D eigenvalue weighted by Gasteiger charge is -2.44. The van der Waals surface area contributed by atoms with E-state index in [0.29, 0.717) is 5.57 Å². The van der Waals surface area contributed by atoms with E-state index in [2.05, 4.69) is 11.7 Å². The first-order chi connectivity index (χ1) is 9.55. The van der Waals surface area contributed by atoms with Gasteiger partial charge >= 0.3 is 11.9 Å². The average molecular weight is 280 g/mol. The third-order valence-corrected chi connectivity index (χ3v) is 4.21. The topological polar surface area (TPSA) is 61.8 Å². The summed E-state index contributed by atoms with van der Waals surface area (Å²) in [6.07, 6.45) is 6.78. The molecule has 20 heavy (non-hydrogen) atoms. The number of ether oxygens (including phenoxy) is 3. The predicted molar refractivity (Wildman–Crippen MR) is 71.6 cm³/mol. The summed E-state index contributed by atoms with van der Waals surface area (Å²) in [6, 6.07) is 0. The second kappa shape index (κ2) is 5.69. The van der Waals surface area contributed by atoms with E-state index in [-0.39, 0.29) is 11.5 Å². The van der Waals surface area contributed by atoms with Gasteiger partial charge in [0.1, 0.15) is 5.60 Å². The van der Waals surface area contributed by atoms with Gasteiger partial charge in [0.15, 0.2) is 0 Å². The molecular weight excluding hydrogens is 260 g/mol. The highest BCUT2D eigenvalue weighted by atomic mass is 16.5. The van der Waals surface area contributed by atoms with Crippen LogP contribution in [0.15, 0.2) is 23.5 Å². The largest absolute Gasteiger partial charge is 0.489 e. The molecule has 1 aliphatic heterocycles. The molecule has 1 spiro atoms. The van der Waals surface area contributed by atoms with Gasteiger partial charge in [0.25, 0.3) is 0 Å². The minimum absolute atomic E-state index is 0.192. The molecule has 1 fully saturated rings. The van der Waals surface area contributed by atoms with Gasteiger partial charge < -0.3 is 14.2 Å². The number of carbonyl (C=O) groups excluding carboxylic acids is 2. The minimum Gasteiger partial charge on any atom is -0.489 e. The number of hydrogen-bond acceptors (Lipinski definition) is 5. The van der Waals surface area contributed by atoms with E-state index in [1.165, 1.54) is 20.5 Å². The highest BCUT2D eigenvalue weighted by Gasteiger charge is 2.48. The third-order valence-electron chi connectivity index (χ3n) is 4.21. The first-order valence-corrected chi connectivity index (χ1v) is 6.82. The van der Waals surface area contributed by atoms with Crippen molar-refractivity contribution >= 4 is 11.9 Å². The van der Waals surface area contributed by atoms with Gasteiger partial charge in [0.2, 0.25) is 0 Å². The Bertz CT molecular complexity index is 477. The van der Waals surface area contributed by atoms with Gasteiger partial charge in [0, 0.05) is 5.92 Å². The Morgan fingerprint density at radius 3 is 2.55 bits per heavy atom. The van der Waals surface area contributed by atoms with Crippen molar-refractivity contribution in [1.82, 2.24) is 0 Å². The normalized spacial score (nSPS) is 29.1. The van der Waals surface area contributed by atoms with Gasteiger partial charge in [-0.3, -0.25) is 0 Å². The molecule has 2 atom stereocenters. The van der Waals surface area contributed by atoms with Crippen LogP contribution < -0.4 is 0 Å². The summed E-state index contributed by atoms with van der Waals surface area (Å²) in [5.41, 5.74) is -0.0329. The van der Waals surface area contributed by atoms with Crippen molar-refractivity contribution in [2.24, 2.45) is 5.92 Å². The van der Waals surface area contributed by atoms with Gasteiger partial charge in [-0.25, -0.2) is 9.59 Å². The molecule has 1 aliphatic carbocycles. The highest BCUT2D eigenvalue weighted by molar-refractivity contribution is 5.98. The zero-order valence-electron chi connectivity index (χ0n) is 12.1. The van der Waals surface area contributed by atoms with E-state index < -0.39 is 17.5 Å². The molecule has 0 aromatic carbocycles. The Balaban J connectivity index is 2.41. The fourth-order valence-electron chi connectivity index (χ4n) is 3.00. The number of esters is 2. The van der Waals surface area contributed by atoms with E-state index in [0.717, 1.165) is 25.7 Å². The second-order valence-electron chi connectivity index (χ2n) is 5.27. The molecule has 110 valence electrons. The van der Waals surface area contributed by atoms with E-state index in [1.807, 2.05) is 0 Å². The zero-order chi connectivity index (χ0) is 14.8. The molecule has 5 heteroatoms. The Morgan fingerprint density at radius 2 is 1.95 bits per heavy atom. The number of rotatable bonds is 2. The minimum atomic E-state index is -0.678. The van der Waals surface area contributed by atoms with E-state index in [4.69, 9.17) is 9.47 Å². The van der Waals surface area contributed by atoms with Crippen LogP contribution in [0.3, 0.4) is 0 Å². The zero-order valence-corrected chi connectivity index (χ0v) is 12.1. The van der Waals surface area contributed by atoms with Crippen LogP contribution in [0.25, 0.3) is 0 Å². The van der Waals surface area contributed by atoms with Crippen LogP contribution in [0.2, 0.25) is 0 Å². The van der Waals surface area contributed by atoms with Crippen molar-refractivity contribution in [3.8, 4) is 0 Å². The van der Waals surface area contributed by atoms with Crippen molar-refractivity contribution < 1.29 is 23.8 Å². The monoisotopic (exact) mass is 280 g/mol. The molecule has 5 nitrogen and oxygen atoms in total. The predicted octanol–water partition coefficient (Wildman–Crippen LogP) is 2.12. The van der Waals surface area contributed by atoms with Crippen molar-refractivity contribution in [3.63, 3.8) is 0 Å². The molecule has 2 unspecified atom stereocenters. The first kappa shape index (κ1) is 14.6. The Hall–Kier alpha value is -1.78. The van der Waals surface area contributed by atoms with Gasteiger partial charge in [-0.05, 0) is 25.3 Å². The van der Waals surface area contributed by atoms with Gasteiger partial charge in [0.05, 0.1) is 31.6 Å². The lowest BCUT2D eigenvalue weighted by Crippen LogP contribution is -2.47. The molecule has 0 saturated heterocycles. The van der Waals surface area contributed by atoms with Gasteiger partial charge in [-0.15, -0.1) is 0 Å². The molecule has 0 N–H and O–H groups in total. The summed E-state index contributed by atoms with van der Waals surface area (Å²) in [5.74, 6) is -0.782. The molecule has 0 amide bonds. The summed E-state index contributed by atoms with van der Waals surface area (Å²) >= 11 is 0. The Kier molecular flexibility index (Phi) is 4.16. The average Bonchev–Trinajstić information content (AvgIpc) is 2.49. The molecule has 0 radical (unpaired) electrons. The fourth-order valence-corrected chi connectivity index (χ4v) is 3.00. The number of hydrogen-bond donors (Lipinski definition) is 0. The molecule has 0 bridgehead atoms. The summed E-state index contributed by atoms with van der Waals surface area (Å²) in [6.45, 7) is 2.06. The number of methoxy groups -OCH3 is 2. The molecule has 0 aromatic rings. The van der Waals surface area contributed by atoms with E-state index >= 15 is 0 Å². The van der Waals surface area contributed by atoms with Crippen molar-refractivity contribution in [1.29, 1.82) is 0 Å². The standard InChI is InChI=1S/C15H20O5/c1-10-6-4-5-7-15(10)12(14(17)19-3)8-11(9-20-15)13(16)18-2/h8-10H,4-7H2,1-3H3. The van der Waals surface area contributed by atoms with Crippen LogP contribution >= 0.6 is 0 Å². The molecule has 1 heterocycles. The van der Waals surface area contributed by atoms with Crippen LogP contribution in [-0.4, -0.2) is 31.8 Å². The van der Waals surface area contributed by atoms with Crippen LogP contribution in [0.5, 0.6) is 0 Å². The van der Waals surface area contributed by atoms with Crippen LogP contribution in [-0.2, 0) is 23.8 Å². The van der Waals surface area contributed by atoms with E-state index in [1.54, 1.807) is 6.08 Å². The lowest BCUT2D eigenvalue weighted by atomic mass is 9.70. The maximum absolute atomic E-state index is 12.1. The SMILES string of the molecule is COC(=O)C1=COC2(CCCCC2C)C(C(=O)OC)=C1. The quantitative estimate of drug-likeness (QED) is 0.725. The summed E-state index contributed by atoms with van der Waals surface area (Å²) in [4.78, 5) is 23.7. The van der Waals surface area contributed by atoms with E-state index in [9.17, 15) is 9.59 Å². The summed E-state index contributed by atoms with van der Waals surface area (Å²) in [7, 11) is 2.63. The second-order valence-corrected chi connectivity index (χ2v) is 5.27. The fraction of sp³-hybridized carbons (Fsp3) is 0.600. The molecule has 1 saturated carbocycles. The first-order valence-electron chi connectivity index (χ1n) is 6.82. The van der Waals surface area contributed by atoms with Crippen LogP contribution in [0.4, 0.5) is 0 Å². The summed E-state index contributed by atoms with van der Waals surface area (Å²) < 4.78 is 15.4. The third kappa shape index (κ3) is 2.32. The molecule has 2 rings (SSSR count). The molecule has 0 aromatic heterocycles. The maximum atomic E-state index is 12.1. The van der Waals surface area contributed by atoms with Gasteiger partial charge in [-0.1, -0.05) is 13.3 Å². The smallest absolute Gasteiger partial charge is 0.341 e. The van der Waals surface area contributed by atoms with Crippen molar-refractivity contribution in [3.05, 3.63) is 23.5 Å². The number of carbonyl (C=O) groups is 2. The molecular formula is C15H20O5. The maximum Gasteiger partial charge on any atom is 0.341 e. The summed E-state index contributed by atoms with van der Waals surface area (Å²) in [5, 5.41) is 0. The van der Waals surface area contributed by atoms with Crippen LogP contribution in [0, 0.1) is 5.92 Å². The highest BCUT2D eigenvalue weighted by Crippen LogP contribution is 2.44. The lowest BCUT2D eigenvalue weighted by molar-refractivity contribution is -0.141.